The van der Waals surface area contributed by atoms with Crippen LogP contribution in [0.2, 0.25) is 5.02 Å². The molecule has 1 aromatic rings. The highest BCUT2D eigenvalue weighted by molar-refractivity contribution is 6.30. The molecular formula is C11H13ClFNO. The predicted octanol–water partition coefficient (Wildman–Crippen LogP) is 2.47. The van der Waals surface area contributed by atoms with E-state index in [2.05, 4.69) is 5.32 Å². The van der Waals surface area contributed by atoms with Gasteiger partial charge in [-0.1, -0.05) is 11.6 Å². The lowest BCUT2D eigenvalue weighted by Crippen LogP contribution is -2.15. The molecule has 0 spiro atoms. The van der Waals surface area contributed by atoms with E-state index in [0.717, 1.165) is 19.5 Å². The van der Waals surface area contributed by atoms with E-state index in [-0.39, 0.29) is 5.75 Å². The molecule has 0 saturated carbocycles. The summed E-state index contributed by atoms with van der Waals surface area (Å²) in [6.45, 7) is 2.54. The summed E-state index contributed by atoms with van der Waals surface area (Å²) in [5.74, 6) is 0.375. The lowest BCUT2D eigenvalue weighted by atomic mass is 10.1. The van der Waals surface area contributed by atoms with Gasteiger partial charge in [-0.2, -0.15) is 0 Å². The van der Waals surface area contributed by atoms with E-state index >= 15 is 0 Å². The van der Waals surface area contributed by atoms with Crippen molar-refractivity contribution < 1.29 is 9.13 Å². The van der Waals surface area contributed by atoms with Crippen LogP contribution in [0.1, 0.15) is 6.42 Å². The van der Waals surface area contributed by atoms with Crippen molar-refractivity contribution in [3.8, 4) is 5.75 Å². The Morgan fingerprint density at radius 2 is 2.40 bits per heavy atom. The van der Waals surface area contributed by atoms with Gasteiger partial charge in [0.15, 0.2) is 11.6 Å². The third kappa shape index (κ3) is 2.83. The maximum absolute atomic E-state index is 13.3. The highest BCUT2D eigenvalue weighted by Gasteiger charge is 2.15. The van der Waals surface area contributed by atoms with Crippen LogP contribution in [-0.4, -0.2) is 19.7 Å². The smallest absolute Gasteiger partial charge is 0.166 e. The molecular weight excluding hydrogens is 217 g/mol. The van der Waals surface area contributed by atoms with E-state index in [4.69, 9.17) is 16.3 Å². The molecule has 2 rings (SSSR count). The fourth-order valence-corrected chi connectivity index (χ4v) is 1.82. The summed E-state index contributed by atoms with van der Waals surface area (Å²) in [4.78, 5) is 0. The Bertz CT molecular complexity index is 339. The third-order valence-electron chi connectivity index (χ3n) is 2.53. The van der Waals surface area contributed by atoms with Crippen molar-refractivity contribution >= 4 is 11.6 Å². The summed E-state index contributed by atoms with van der Waals surface area (Å²) in [6.07, 6.45) is 1.09. The number of ether oxygens (including phenoxy) is 1. The van der Waals surface area contributed by atoms with Crippen molar-refractivity contribution in [3.05, 3.63) is 29.0 Å². The van der Waals surface area contributed by atoms with E-state index in [1.165, 1.54) is 6.07 Å². The van der Waals surface area contributed by atoms with E-state index in [1.54, 1.807) is 12.1 Å². The first-order valence-corrected chi connectivity index (χ1v) is 5.42. The molecule has 1 aromatic carbocycles. The van der Waals surface area contributed by atoms with Gasteiger partial charge in [0.05, 0.1) is 6.61 Å². The van der Waals surface area contributed by atoms with Gasteiger partial charge in [0.2, 0.25) is 0 Å². The van der Waals surface area contributed by atoms with E-state index < -0.39 is 5.82 Å². The summed E-state index contributed by atoms with van der Waals surface area (Å²) in [5.41, 5.74) is 0. The first kappa shape index (κ1) is 10.7. The first-order valence-electron chi connectivity index (χ1n) is 5.04. The molecule has 1 atom stereocenters. The van der Waals surface area contributed by atoms with Gasteiger partial charge in [0, 0.05) is 17.5 Å². The van der Waals surface area contributed by atoms with Crippen molar-refractivity contribution in [1.29, 1.82) is 0 Å². The Morgan fingerprint density at radius 1 is 1.53 bits per heavy atom. The fourth-order valence-electron chi connectivity index (χ4n) is 1.66. The predicted molar refractivity (Wildman–Crippen MR) is 57.9 cm³/mol. The van der Waals surface area contributed by atoms with Crippen LogP contribution < -0.4 is 10.1 Å². The number of benzene rings is 1. The summed E-state index contributed by atoms with van der Waals surface area (Å²) in [7, 11) is 0. The Morgan fingerprint density at radius 3 is 3.07 bits per heavy atom. The van der Waals surface area contributed by atoms with Gasteiger partial charge in [-0.05, 0) is 31.2 Å². The Hall–Kier alpha value is -0.800. The molecule has 1 N–H and O–H groups in total. The molecule has 2 nitrogen and oxygen atoms in total. The molecule has 0 radical (unpaired) electrons. The van der Waals surface area contributed by atoms with Crippen LogP contribution in [-0.2, 0) is 0 Å². The van der Waals surface area contributed by atoms with Crippen molar-refractivity contribution in [2.45, 2.75) is 6.42 Å². The number of hydrogen-bond acceptors (Lipinski definition) is 2. The molecule has 1 aliphatic rings. The number of halogens is 2. The van der Waals surface area contributed by atoms with Crippen LogP contribution in [0.3, 0.4) is 0 Å². The molecule has 1 saturated heterocycles. The van der Waals surface area contributed by atoms with Crippen LogP contribution in [0.25, 0.3) is 0 Å². The number of nitrogens with one attached hydrogen (secondary N) is 1. The van der Waals surface area contributed by atoms with Gasteiger partial charge in [0.25, 0.3) is 0 Å². The van der Waals surface area contributed by atoms with Crippen molar-refractivity contribution in [2.75, 3.05) is 19.7 Å². The average Bonchev–Trinajstić information content (AvgIpc) is 2.69. The third-order valence-corrected chi connectivity index (χ3v) is 2.77. The summed E-state index contributed by atoms with van der Waals surface area (Å²) in [6, 6.07) is 4.47. The molecule has 0 aliphatic carbocycles. The van der Waals surface area contributed by atoms with Gasteiger partial charge in [-0.25, -0.2) is 4.39 Å². The molecule has 0 bridgehead atoms. The monoisotopic (exact) mass is 229 g/mol. The maximum atomic E-state index is 13.3. The summed E-state index contributed by atoms with van der Waals surface area (Å²) >= 11 is 5.64. The van der Waals surface area contributed by atoms with E-state index in [0.29, 0.717) is 17.5 Å². The zero-order chi connectivity index (χ0) is 10.7. The molecule has 1 aliphatic heterocycles. The van der Waals surface area contributed by atoms with Gasteiger partial charge in [0.1, 0.15) is 0 Å². The van der Waals surface area contributed by atoms with Crippen LogP contribution in [0, 0.1) is 11.7 Å². The highest BCUT2D eigenvalue weighted by Crippen LogP contribution is 2.22. The van der Waals surface area contributed by atoms with Gasteiger partial charge < -0.3 is 10.1 Å². The van der Waals surface area contributed by atoms with Gasteiger partial charge in [-0.15, -0.1) is 0 Å². The molecule has 0 aromatic heterocycles. The van der Waals surface area contributed by atoms with Crippen molar-refractivity contribution in [3.63, 3.8) is 0 Å². The van der Waals surface area contributed by atoms with Crippen molar-refractivity contribution in [2.24, 2.45) is 5.92 Å². The minimum absolute atomic E-state index is 0.284. The lowest BCUT2D eigenvalue weighted by Gasteiger charge is -2.11. The Balaban J connectivity index is 1.92. The fraction of sp³-hybridized carbons (Fsp3) is 0.455. The maximum Gasteiger partial charge on any atom is 0.166 e. The second kappa shape index (κ2) is 4.81. The quantitative estimate of drug-likeness (QED) is 0.860. The minimum atomic E-state index is -0.395. The molecule has 82 valence electrons. The summed E-state index contributed by atoms with van der Waals surface area (Å²) in [5, 5.41) is 3.63. The van der Waals surface area contributed by atoms with Gasteiger partial charge in [-0.3, -0.25) is 0 Å². The van der Waals surface area contributed by atoms with E-state index in [1.807, 2.05) is 0 Å². The zero-order valence-corrected chi connectivity index (χ0v) is 9.06. The highest BCUT2D eigenvalue weighted by atomic mass is 35.5. The summed E-state index contributed by atoms with van der Waals surface area (Å²) < 4.78 is 18.7. The van der Waals surface area contributed by atoms with Crippen LogP contribution in [0.4, 0.5) is 4.39 Å². The van der Waals surface area contributed by atoms with E-state index in [9.17, 15) is 4.39 Å². The van der Waals surface area contributed by atoms with Crippen LogP contribution >= 0.6 is 11.6 Å². The molecule has 0 amide bonds. The largest absolute Gasteiger partial charge is 0.490 e. The standard InChI is InChI=1S/C11H13ClFNO/c12-9-1-2-11(10(13)5-9)15-7-8-3-4-14-6-8/h1-2,5,8,14H,3-4,6-7H2/t8-/m0/s1. The molecule has 15 heavy (non-hydrogen) atoms. The number of hydrogen-bond donors (Lipinski definition) is 1. The molecule has 0 unspecified atom stereocenters. The normalized spacial score (nSPS) is 20.5. The second-order valence-electron chi connectivity index (χ2n) is 3.74. The Kier molecular flexibility index (Phi) is 3.44. The topological polar surface area (TPSA) is 21.3 Å². The lowest BCUT2D eigenvalue weighted by molar-refractivity contribution is 0.249. The van der Waals surface area contributed by atoms with Crippen LogP contribution in [0.15, 0.2) is 18.2 Å². The zero-order valence-electron chi connectivity index (χ0n) is 8.30. The SMILES string of the molecule is Fc1cc(Cl)ccc1OC[C@H]1CCNC1. The molecule has 1 fully saturated rings. The number of rotatable bonds is 3. The second-order valence-corrected chi connectivity index (χ2v) is 4.18. The van der Waals surface area contributed by atoms with Gasteiger partial charge >= 0.3 is 0 Å². The Labute approximate surface area is 93.4 Å². The molecule has 4 heteroatoms. The van der Waals surface area contributed by atoms with Crippen molar-refractivity contribution in [1.82, 2.24) is 5.32 Å². The minimum Gasteiger partial charge on any atom is -0.490 e. The molecule has 1 heterocycles. The first-order chi connectivity index (χ1) is 7.25. The van der Waals surface area contributed by atoms with Crippen LogP contribution in [0.5, 0.6) is 5.75 Å². The average molecular weight is 230 g/mol.